The van der Waals surface area contributed by atoms with Crippen LogP contribution in [-0.4, -0.2) is 46.7 Å². The molecular weight excluding hydrogens is 352 g/mol. The fourth-order valence-corrected chi connectivity index (χ4v) is 3.52. The lowest BCUT2D eigenvalue weighted by molar-refractivity contribution is -0.155. The van der Waals surface area contributed by atoms with Crippen molar-refractivity contribution in [1.29, 1.82) is 0 Å². The molecule has 2 fully saturated rings. The highest BCUT2D eigenvalue weighted by Crippen LogP contribution is 2.44. The SMILES string of the molecule is C=C1C(=O)OC2C1[C@@H](OC(=O)/C(C)=C\C)C[C@@]1(C)OC(=CC1=O)C(=C)[C@H]2O. The maximum atomic E-state index is 12.5. The van der Waals surface area contributed by atoms with Crippen molar-refractivity contribution in [2.45, 2.75) is 51.1 Å². The molecule has 0 aromatic rings. The summed E-state index contributed by atoms with van der Waals surface area (Å²) in [5, 5.41) is 10.7. The first-order chi connectivity index (χ1) is 12.6. The number of aliphatic hydroxyl groups excluding tert-OH is 1. The van der Waals surface area contributed by atoms with Crippen molar-refractivity contribution in [3.05, 3.63) is 47.8 Å². The van der Waals surface area contributed by atoms with Crippen LogP contribution in [0.3, 0.4) is 0 Å². The molecule has 0 radical (unpaired) electrons. The van der Waals surface area contributed by atoms with E-state index in [2.05, 4.69) is 13.2 Å². The third-order valence-electron chi connectivity index (χ3n) is 5.37. The maximum Gasteiger partial charge on any atom is 0.334 e. The first kappa shape index (κ1) is 19.1. The molecular formula is C20H22O7. The Morgan fingerprint density at radius 3 is 2.67 bits per heavy atom. The summed E-state index contributed by atoms with van der Waals surface area (Å²) >= 11 is 0. The van der Waals surface area contributed by atoms with Gasteiger partial charge in [-0.05, 0) is 20.8 Å². The van der Waals surface area contributed by atoms with Crippen LogP contribution in [0.4, 0.5) is 0 Å². The van der Waals surface area contributed by atoms with Gasteiger partial charge in [-0.15, -0.1) is 0 Å². The molecule has 2 unspecified atom stereocenters. The summed E-state index contributed by atoms with van der Waals surface area (Å²) in [5.74, 6) is -2.29. The Morgan fingerprint density at radius 1 is 1.37 bits per heavy atom. The highest BCUT2D eigenvalue weighted by molar-refractivity contribution is 6.00. The Bertz CT molecular complexity index is 818. The molecule has 7 heteroatoms. The standard InChI is InChI=1S/C20H22O7/c1-6-9(2)18(23)25-13-8-20(5)14(21)7-12(27-20)10(3)16(22)17-15(13)11(4)19(24)26-17/h6-7,13,15-17,22H,3-4,8H2,1-2,5H3/b9-6-/t13-,15?,16+,17?,20+/m0/s1. The summed E-state index contributed by atoms with van der Waals surface area (Å²) in [6.45, 7) is 12.4. The molecule has 2 saturated heterocycles. The highest BCUT2D eigenvalue weighted by Gasteiger charge is 2.55. The van der Waals surface area contributed by atoms with E-state index in [0.717, 1.165) is 0 Å². The van der Waals surface area contributed by atoms with E-state index >= 15 is 0 Å². The van der Waals surface area contributed by atoms with Crippen LogP contribution in [0.1, 0.15) is 27.2 Å². The van der Waals surface area contributed by atoms with Crippen LogP contribution < -0.4 is 0 Å². The van der Waals surface area contributed by atoms with E-state index in [4.69, 9.17) is 14.2 Å². The monoisotopic (exact) mass is 374 g/mol. The van der Waals surface area contributed by atoms with E-state index in [1.54, 1.807) is 26.8 Å². The predicted octanol–water partition coefficient (Wildman–Crippen LogP) is 1.52. The lowest BCUT2D eigenvalue weighted by Gasteiger charge is -2.32. The second kappa shape index (κ2) is 6.49. The van der Waals surface area contributed by atoms with Crippen molar-refractivity contribution < 1.29 is 33.7 Å². The number of ketones is 1. The van der Waals surface area contributed by atoms with Gasteiger partial charge >= 0.3 is 11.9 Å². The van der Waals surface area contributed by atoms with Gasteiger partial charge in [0, 0.05) is 29.2 Å². The molecule has 0 spiro atoms. The Balaban J connectivity index is 2.07. The second-order valence-corrected chi connectivity index (χ2v) is 7.22. The number of ether oxygens (including phenoxy) is 3. The van der Waals surface area contributed by atoms with Gasteiger partial charge in [0.2, 0.25) is 5.78 Å². The number of esters is 2. The van der Waals surface area contributed by atoms with E-state index < -0.39 is 41.8 Å². The van der Waals surface area contributed by atoms with Gasteiger partial charge in [0.25, 0.3) is 0 Å². The van der Waals surface area contributed by atoms with Crippen LogP contribution in [0.15, 0.2) is 47.8 Å². The minimum atomic E-state index is -1.33. The van der Waals surface area contributed by atoms with Crippen molar-refractivity contribution in [3.63, 3.8) is 0 Å². The summed E-state index contributed by atoms with van der Waals surface area (Å²) in [5.41, 5.74) is -0.741. The van der Waals surface area contributed by atoms with E-state index in [1.807, 2.05) is 0 Å². The van der Waals surface area contributed by atoms with E-state index in [9.17, 15) is 19.5 Å². The van der Waals surface area contributed by atoms with Gasteiger partial charge in [-0.25, -0.2) is 9.59 Å². The zero-order valence-corrected chi connectivity index (χ0v) is 15.5. The van der Waals surface area contributed by atoms with E-state index in [1.165, 1.54) is 6.08 Å². The Hall–Kier alpha value is -2.67. The molecule has 27 heavy (non-hydrogen) atoms. The number of hydrogen-bond donors (Lipinski definition) is 1. The van der Waals surface area contributed by atoms with Gasteiger partial charge in [-0.3, -0.25) is 4.79 Å². The molecule has 3 rings (SSSR count). The van der Waals surface area contributed by atoms with Crippen molar-refractivity contribution >= 4 is 17.7 Å². The molecule has 144 valence electrons. The van der Waals surface area contributed by atoms with Crippen LogP contribution in [0.5, 0.6) is 0 Å². The predicted molar refractivity (Wildman–Crippen MR) is 94.2 cm³/mol. The van der Waals surface area contributed by atoms with E-state index in [-0.39, 0.29) is 29.1 Å². The number of fused-ring (bicyclic) bond motifs is 3. The molecule has 1 N–H and O–H groups in total. The number of carbonyl (C=O) groups is 3. The minimum absolute atomic E-state index is 0.0224. The van der Waals surface area contributed by atoms with Crippen LogP contribution >= 0.6 is 0 Å². The summed E-state index contributed by atoms with van der Waals surface area (Å²) in [6.07, 6.45) is -0.502. The molecule has 2 bridgehead atoms. The minimum Gasteiger partial charge on any atom is -0.479 e. The van der Waals surface area contributed by atoms with Gasteiger partial charge in [0.05, 0.1) is 5.92 Å². The van der Waals surface area contributed by atoms with Crippen molar-refractivity contribution in [2.75, 3.05) is 0 Å². The third kappa shape index (κ3) is 3.02. The smallest absolute Gasteiger partial charge is 0.334 e. The van der Waals surface area contributed by atoms with Gasteiger partial charge in [-0.2, -0.15) is 0 Å². The fraction of sp³-hybridized carbons (Fsp3) is 0.450. The molecule has 7 nitrogen and oxygen atoms in total. The molecule has 3 aliphatic heterocycles. The first-order valence-electron chi connectivity index (χ1n) is 8.65. The van der Waals surface area contributed by atoms with Crippen LogP contribution in [-0.2, 0) is 28.6 Å². The van der Waals surface area contributed by atoms with Crippen LogP contribution in [0.2, 0.25) is 0 Å². The number of aliphatic hydroxyl groups is 1. The summed E-state index contributed by atoms with van der Waals surface area (Å²) in [6, 6.07) is 0. The van der Waals surface area contributed by atoms with Gasteiger partial charge in [0.1, 0.15) is 24.1 Å². The maximum absolute atomic E-state index is 12.5. The second-order valence-electron chi connectivity index (χ2n) is 7.22. The van der Waals surface area contributed by atoms with E-state index in [0.29, 0.717) is 5.57 Å². The van der Waals surface area contributed by atoms with Crippen molar-refractivity contribution in [2.24, 2.45) is 5.92 Å². The van der Waals surface area contributed by atoms with Crippen LogP contribution in [0, 0.1) is 5.92 Å². The summed E-state index contributed by atoms with van der Waals surface area (Å²) in [7, 11) is 0. The topological polar surface area (TPSA) is 99.1 Å². The molecule has 0 aromatic heterocycles. The normalized spacial score (nSPS) is 36.1. The number of rotatable bonds is 2. The van der Waals surface area contributed by atoms with Crippen LogP contribution in [0.25, 0.3) is 0 Å². The Kier molecular flexibility index (Phi) is 4.59. The lowest BCUT2D eigenvalue weighted by Crippen LogP contribution is -2.45. The zero-order chi connectivity index (χ0) is 20.1. The molecule has 0 aromatic carbocycles. The average Bonchev–Trinajstić information content (AvgIpc) is 3.08. The average molecular weight is 374 g/mol. The fourth-order valence-electron chi connectivity index (χ4n) is 3.52. The third-order valence-corrected chi connectivity index (χ3v) is 5.37. The first-order valence-corrected chi connectivity index (χ1v) is 8.65. The zero-order valence-electron chi connectivity index (χ0n) is 15.5. The Labute approximate surface area is 157 Å². The number of allylic oxidation sites excluding steroid dienone is 1. The molecule has 5 atom stereocenters. The number of carbonyl (C=O) groups excluding carboxylic acids is 3. The highest BCUT2D eigenvalue weighted by atomic mass is 16.6. The molecule has 0 saturated carbocycles. The Morgan fingerprint density at radius 2 is 2.04 bits per heavy atom. The summed E-state index contributed by atoms with van der Waals surface area (Å²) in [4.78, 5) is 37.0. The number of hydrogen-bond acceptors (Lipinski definition) is 7. The van der Waals surface area contributed by atoms with Gasteiger partial charge in [0.15, 0.2) is 5.60 Å². The molecule has 0 amide bonds. The van der Waals surface area contributed by atoms with Gasteiger partial charge in [-0.1, -0.05) is 19.2 Å². The lowest BCUT2D eigenvalue weighted by atomic mass is 9.80. The summed E-state index contributed by atoms with van der Waals surface area (Å²) < 4.78 is 16.7. The molecule has 3 heterocycles. The van der Waals surface area contributed by atoms with Gasteiger partial charge < -0.3 is 19.3 Å². The van der Waals surface area contributed by atoms with Crippen molar-refractivity contribution in [1.82, 2.24) is 0 Å². The molecule has 0 aliphatic carbocycles. The largest absolute Gasteiger partial charge is 0.479 e. The quantitative estimate of drug-likeness (QED) is 0.578. The van der Waals surface area contributed by atoms with Crippen molar-refractivity contribution in [3.8, 4) is 0 Å². The molecule has 3 aliphatic rings.